The molecule has 5 heteroatoms. The SMILES string of the molecule is CCNC(=O)C(C)NC(C)c1ccc(F)c(Cl)c1. The molecular weight excluding hydrogens is 255 g/mol. The fraction of sp³-hybridized carbons (Fsp3) is 0.462. The molecule has 0 bridgehead atoms. The Labute approximate surface area is 112 Å². The number of benzene rings is 1. The second-order valence-electron chi connectivity index (χ2n) is 4.18. The predicted octanol–water partition coefficient (Wildman–Crippen LogP) is 2.65. The minimum absolute atomic E-state index is 0.0578. The number of rotatable bonds is 5. The van der Waals surface area contributed by atoms with E-state index in [0.717, 1.165) is 5.56 Å². The van der Waals surface area contributed by atoms with Crippen molar-refractivity contribution in [1.82, 2.24) is 10.6 Å². The Morgan fingerprint density at radius 2 is 2.11 bits per heavy atom. The van der Waals surface area contributed by atoms with Gasteiger partial charge in [-0.1, -0.05) is 17.7 Å². The van der Waals surface area contributed by atoms with E-state index in [2.05, 4.69) is 10.6 Å². The van der Waals surface area contributed by atoms with Crippen LogP contribution in [-0.2, 0) is 4.79 Å². The lowest BCUT2D eigenvalue weighted by molar-refractivity contribution is -0.122. The van der Waals surface area contributed by atoms with Gasteiger partial charge in [0, 0.05) is 12.6 Å². The Hall–Kier alpha value is -1.13. The number of likely N-dealkylation sites (N-methyl/N-ethyl adjacent to an activating group) is 1. The molecule has 3 nitrogen and oxygen atoms in total. The highest BCUT2D eigenvalue weighted by atomic mass is 35.5. The molecule has 1 aromatic carbocycles. The Balaban J connectivity index is 2.67. The van der Waals surface area contributed by atoms with Gasteiger partial charge in [-0.25, -0.2) is 4.39 Å². The molecule has 1 amide bonds. The summed E-state index contributed by atoms with van der Waals surface area (Å²) in [6.07, 6.45) is 0. The summed E-state index contributed by atoms with van der Waals surface area (Å²) in [6.45, 7) is 6.15. The maximum absolute atomic E-state index is 13.0. The van der Waals surface area contributed by atoms with Crippen molar-refractivity contribution in [3.05, 3.63) is 34.6 Å². The van der Waals surface area contributed by atoms with Crippen LogP contribution in [0.5, 0.6) is 0 Å². The topological polar surface area (TPSA) is 41.1 Å². The van der Waals surface area contributed by atoms with Crippen molar-refractivity contribution in [1.29, 1.82) is 0 Å². The van der Waals surface area contributed by atoms with Gasteiger partial charge >= 0.3 is 0 Å². The molecule has 18 heavy (non-hydrogen) atoms. The highest BCUT2D eigenvalue weighted by molar-refractivity contribution is 6.30. The summed E-state index contributed by atoms with van der Waals surface area (Å²) in [7, 11) is 0. The summed E-state index contributed by atoms with van der Waals surface area (Å²) in [5.41, 5.74) is 0.845. The third kappa shape index (κ3) is 3.96. The molecule has 0 radical (unpaired) electrons. The van der Waals surface area contributed by atoms with E-state index in [1.165, 1.54) is 6.07 Å². The van der Waals surface area contributed by atoms with Gasteiger partial charge in [-0.2, -0.15) is 0 Å². The molecular formula is C13H18ClFN2O. The van der Waals surface area contributed by atoms with Gasteiger partial charge in [-0.3, -0.25) is 10.1 Å². The van der Waals surface area contributed by atoms with Crippen LogP contribution in [0.15, 0.2) is 18.2 Å². The summed E-state index contributed by atoms with van der Waals surface area (Å²) in [6, 6.07) is 4.15. The van der Waals surface area contributed by atoms with Crippen LogP contribution in [0.25, 0.3) is 0 Å². The molecule has 0 heterocycles. The van der Waals surface area contributed by atoms with Crippen LogP contribution < -0.4 is 10.6 Å². The Morgan fingerprint density at radius 3 is 2.67 bits per heavy atom. The molecule has 1 rings (SSSR count). The van der Waals surface area contributed by atoms with E-state index >= 15 is 0 Å². The smallest absolute Gasteiger partial charge is 0.236 e. The minimum atomic E-state index is -0.440. The van der Waals surface area contributed by atoms with Gasteiger partial charge in [-0.05, 0) is 38.5 Å². The van der Waals surface area contributed by atoms with Gasteiger partial charge in [0.2, 0.25) is 5.91 Å². The molecule has 0 aromatic heterocycles. The molecule has 2 unspecified atom stereocenters. The first-order valence-corrected chi connectivity index (χ1v) is 6.32. The van der Waals surface area contributed by atoms with Crippen molar-refractivity contribution in [2.24, 2.45) is 0 Å². The normalized spacial score (nSPS) is 14.1. The van der Waals surface area contributed by atoms with Crippen LogP contribution >= 0.6 is 11.6 Å². The summed E-state index contributed by atoms with van der Waals surface area (Å²) < 4.78 is 13.0. The molecule has 100 valence electrons. The van der Waals surface area contributed by atoms with Crippen LogP contribution in [0.4, 0.5) is 4.39 Å². The molecule has 0 saturated heterocycles. The maximum Gasteiger partial charge on any atom is 0.236 e. The fourth-order valence-electron chi connectivity index (χ4n) is 1.66. The third-order valence-corrected chi connectivity index (χ3v) is 2.98. The van der Waals surface area contributed by atoms with Crippen molar-refractivity contribution >= 4 is 17.5 Å². The summed E-state index contributed by atoms with van der Waals surface area (Å²) in [5, 5.41) is 5.96. The van der Waals surface area contributed by atoms with Crippen molar-refractivity contribution < 1.29 is 9.18 Å². The van der Waals surface area contributed by atoms with E-state index in [4.69, 9.17) is 11.6 Å². The molecule has 0 aliphatic carbocycles. The Bertz CT molecular complexity index is 425. The van der Waals surface area contributed by atoms with Crippen LogP contribution in [0.1, 0.15) is 32.4 Å². The van der Waals surface area contributed by atoms with E-state index in [1.54, 1.807) is 19.1 Å². The van der Waals surface area contributed by atoms with Crippen LogP contribution in [0, 0.1) is 5.82 Å². The van der Waals surface area contributed by atoms with Crippen LogP contribution in [-0.4, -0.2) is 18.5 Å². The highest BCUT2D eigenvalue weighted by Gasteiger charge is 2.16. The lowest BCUT2D eigenvalue weighted by Crippen LogP contribution is -2.43. The Kier molecular flexibility index (Phi) is 5.56. The molecule has 0 aliphatic rings. The van der Waals surface area contributed by atoms with Gasteiger partial charge < -0.3 is 5.32 Å². The first-order chi connectivity index (χ1) is 8.45. The first-order valence-electron chi connectivity index (χ1n) is 5.94. The van der Waals surface area contributed by atoms with Crippen molar-refractivity contribution in [3.63, 3.8) is 0 Å². The average Bonchev–Trinajstić information content (AvgIpc) is 2.32. The van der Waals surface area contributed by atoms with Crippen LogP contribution in [0.3, 0.4) is 0 Å². The second kappa shape index (κ2) is 6.71. The van der Waals surface area contributed by atoms with Crippen molar-refractivity contribution in [2.75, 3.05) is 6.54 Å². The molecule has 0 aliphatic heterocycles. The summed E-state index contributed by atoms with van der Waals surface area (Å²) in [4.78, 5) is 11.6. The maximum atomic E-state index is 13.0. The summed E-state index contributed by atoms with van der Waals surface area (Å²) in [5.74, 6) is -0.498. The lowest BCUT2D eigenvalue weighted by Gasteiger charge is -2.20. The van der Waals surface area contributed by atoms with Gasteiger partial charge in [0.1, 0.15) is 5.82 Å². The largest absolute Gasteiger partial charge is 0.355 e. The minimum Gasteiger partial charge on any atom is -0.355 e. The zero-order chi connectivity index (χ0) is 13.7. The highest BCUT2D eigenvalue weighted by Crippen LogP contribution is 2.20. The zero-order valence-corrected chi connectivity index (χ0v) is 11.5. The number of amides is 1. The van der Waals surface area contributed by atoms with Gasteiger partial charge in [-0.15, -0.1) is 0 Å². The number of carbonyl (C=O) groups excluding carboxylic acids is 1. The van der Waals surface area contributed by atoms with Crippen LogP contribution in [0.2, 0.25) is 5.02 Å². The van der Waals surface area contributed by atoms with Crippen molar-refractivity contribution in [2.45, 2.75) is 32.9 Å². The van der Waals surface area contributed by atoms with E-state index in [-0.39, 0.29) is 23.0 Å². The molecule has 1 aromatic rings. The Morgan fingerprint density at radius 1 is 1.44 bits per heavy atom. The van der Waals surface area contributed by atoms with E-state index in [1.807, 2.05) is 13.8 Å². The number of halogens is 2. The lowest BCUT2D eigenvalue weighted by atomic mass is 10.1. The molecule has 2 atom stereocenters. The number of carbonyl (C=O) groups is 1. The summed E-state index contributed by atoms with van der Waals surface area (Å²) >= 11 is 5.72. The molecule has 0 spiro atoms. The zero-order valence-electron chi connectivity index (χ0n) is 10.8. The molecule has 2 N–H and O–H groups in total. The van der Waals surface area contributed by atoms with E-state index in [9.17, 15) is 9.18 Å². The number of nitrogens with one attached hydrogen (secondary N) is 2. The van der Waals surface area contributed by atoms with E-state index in [0.29, 0.717) is 6.54 Å². The van der Waals surface area contributed by atoms with Crippen molar-refractivity contribution in [3.8, 4) is 0 Å². The molecule has 0 fully saturated rings. The monoisotopic (exact) mass is 272 g/mol. The second-order valence-corrected chi connectivity index (χ2v) is 4.59. The third-order valence-electron chi connectivity index (χ3n) is 2.69. The van der Waals surface area contributed by atoms with Gasteiger partial charge in [0.15, 0.2) is 0 Å². The fourth-order valence-corrected chi connectivity index (χ4v) is 1.84. The number of hydrogen-bond acceptors (Lipinski definition) is 2. The average molecular weight is 273 g/mol. The van der Waals surface area contributed by atoms with Gasteiger partial charge in [0.25, 0.3) is 0 Å². The number of hydrogen-bond donors (Lipinski definition) is 2. The van der Waals surface area contributed by atoms with E-state index < -0.39 is 5.82 Å². The first kappa shape index (κ1) is 14.9. The standard InChI is InChI=1S/C13H18ClFN2O/c1-4-16-13(18)9(3)17-8(2)10-5-6-12(15)11(14)7-10/h5-9,17H,4H2,1-3H3,(H,16,18). The predicted molar refractivity (Wildman–Crippen MR) is 71.1 cm³/mol. The molecule has 0 saturated carbocycles. The van der Waals surface area contributed by atoms with Gasteiger partial charge in [0.05, 0.1) is 11.1 Å². The quantitative estimate of drug-likeness (QED) is 0.865.